The highest BCUT2D eigenvalue weighted by molar-refractivity contribution is 5.35. The molecule has 0 atom stereocenters. The second-order valence-corrected chi connectivity index (χ2v) is 4.64. The lowest BCUT2D eigenvalue weighted by molar-refractivity contribution is 0.347. The van der Waals surface area contributed by atoms with E-state index in [9.17, 15) is 0 Å². The van der Waals surface area contributed by atoms with Crippen molar-refractivity contribution in [1.29, 1.82) is 0 Å². The normalized spacial score (nSPS) is 22.4. The van der Waals surface area contributed by atoms with Crippen LogP contribution in [0.2, 0.25) is 0 Å². The number of hydrogen-bond donors (Lipinski definition) is 3. The summed E-state index contributed by atoms with van der Waals surface area (Å²) in [7, 11) is 2.14. The molecule has 0 radical (unpaired) electrons. The van der Waals surface area contributed by atoms with Gasteiger partial charge in [0.1, 0.15) is 0 Å². The molecule has 1 fully saturated rings. The van der Waals surface area contributed by atoms with E-state index in [1.165, 1.54) is 11.1 Å². The van der Waals surface area contributed by atoms with Gasteiger partial charge in [-0.25, -0.2) is 0 Å². The predicted molar refractivity (Wildman–Crippen MR) is 77.3 cm³/mol. The number of hydrogen-bond acceptors (Lipinski definition) is 4. The van der Waals surface area contributed by atoms with Crippen LogP contribution in [0, 0.1) is 0 Å². The van der Waals surface area contributed by atoms with Crippen molar-refractivity contribution in [2.24, 2.45) is 17.2 Å². The van der Waals surface area contributed by atoms with Gasteiger partial charge in [0.05, 0.1) is 5.82 Å². The van der Waals surface area contributed by atoms with E-state index in [-0.39, 0.29) is 5.82 Å². The Bertz CT molecular complexity index is 398. The van der Waals surface area contributed by atoms with Crippen LogP contribution in [0.1, 0.15) is 19.8 Å². The van der Waals surface area contributed by atoms with Crippen molar-refractivity contribution in [2.45, 2.75) is 19.8 Å². The van der Waals surface area contributed by atoms with Gasteiger partial charge in [0.25, 0.3) is 0 Å². The number of piperidine rings is 1. The molecule has 1 rings (SSSR count). The Morgan fingerprint density at radius 2 is 1.94 bits per heavy atom. The summed E-state index contributed by atoms with van der Waals surface area (Å²) in [6.07, 6.45) is 9.60. The standard InChI is InChI=1S/C14H24N4/c1-3-11-8-9-18(2)10-12(11)4-5-13(15)6-7-14(16)17/h3-4,6-7H,5,8-10,15-17H2,1-2H3/b11-3-,12-4-,13-6-. The maximum Gasteiger partial charge on any atom is 0.0934 e. The molecule has 0 bridgehead atoms. The van der Waals surface area contributed by atoms with E-state index < -0.39 is 0 Å². The number of likely N-dealkylation sites (tertiary alicyclic amines) is 1. The van der Waals surface area contributed by atoms with E-state index in [1.54, 1.807) is 12.2 Å². The van der Waals surface area contributed by atoms with Crippen LogP contribution in [0.3, 0.4) is 0 Å². The third-order valence-electron chi connectivity index (χ3n) is 3.04. The molecule has 6 N–H and O–H groups in total. The first-order chi connectivity index (χ1) is 8.52. The largest absolute Gasteiger partial charge is 0.402 e. The summed E-state index contributed by atoms with van der Waals surface area (Å²) in [5, 5.41) is 0. The highest BCUT2D eigenvalue weighted by Gasteiger charge is 2.14. The summed E-state index contributed by atoms with van der Waals surface area (Å²) in [6, 6.07) is 0. The van der Waals surface area contributed by atoms with Crippen molar-refractivity contribution in [1.82, 2.24) is 4.90 Å². The van der Waals surface area contributed by atoms with Crippen LogP contribution in [0.4, 0.5) is 0 Å². The lowest BCUT2D eigenvalue weighted by Gasteiger charge is -2.27. The molecule has 0 amide bonds. The molecule has 0 aromatic rings. The predicted octanol–water partition coefficient (Wildman–Crippen LogP) is 1.19. The molecule has 1 heterocycles. The van der Waals surface area contributed by atoms with E-state index in [1.807, 2.05) is 0 Å². The fourth-order valence-corrected chi connectivity index (χ4v) is 1.98. The molecular formula is C14H24N4. The van der Waals surface area contributed by atoms with Crippen LogP contribution in [0.25, 0.3) is 0 Å². The molecule has 18 heavy (non-hydrogen) atoms. The molecule has 100 valence electrons. The van der Waals surface area contributed by atoms with Crippen LogP contribution in [0.5, 0.6) is 0 Å². The number of allylic oxidation sites excluding steroid dienone is 4. The van der Waals surface area contributed by atoms with Crippen LogP contribution < -0.4 is 17.2 Å². The number of rotatable bonds is 3. The third-order valence-corrected chi connectivity index (χ3v) is 3.04. The van der Waals surface area contributed by atoms with Crippen molar-refractivity contribution < 1.29 is 0 Å². The van der Waals surface area contributed by atoms with E-state index in [0.717, 1.165) is 31.6 Å². The summed E-state index contributed by atoms with van der Waals surface area (Å²) < 4.78 is 0. The zero-order chi connectivity index (χ0) is 13.5. The van der Waals surface area contributed by atoms with Crippen molar-refractivity contribution in [2.75, 3.05) is 20.1 Å². The zero-order valence-corrected chi connectivity index (χ0v) is 11.3. The average molecular weight is 248 g/mol. The molecule has 0 unspecified atom stereocenters. The van der Waals surface area contributed by atoms with Crippen LogP contribution in [0.15, 0.2) is 47.0 Å². The Labute approximate surface area is 109 Å². The quantitative estimate of drug-likeness (QED) is 0.655. The average Bonchev–Trinajstić information content (AvgIpc) is 2.34. The molecule has 0 aromatic heterocycles. The topological polar surface area (TPSA) is 81.3 Å². The van der Waals surface area contributed by atoms with Gasteiger partial charge in [-0.3, -0.25) is 0 Å². The molecule has 0 spiro atoms. The second kappa shape index (κ2) is 6.91. The fraction of sp³-hybridized carbons (Fsp3) is 0.429. The minimum absolute atomic E-state index is 0.275. The first-order valence-corrected chi connectivity index (χ1v) is 6.23. The molecular weight excluding hydrogens is 224 g/mol. The van der Waals surface area contributed by atoms with Gasteiger partial charge in [-0.1, -0.05) is 12.2 Å². The first-order valence-electron chi connectivity index (χ1n) is 6.23. The van der Waals surface area contributed by atoms with Crippen molar-refractivity contribution in [3.8, 4) is 0 Å². The molecule has 0 saturated carbocycles. The molecule has 0 aliphatic carbocycles. The van der Waals surface area contributed by atoms with Gasteiger partial charge in [0.2, 0.25) is 0 Å². The zero-order valence-electron chi connectivity index (χ0n) is 11.3. The van der Waals surface area contributed by atoms with Gasteiger partial charge in [-0.15, -0.1) is 0 Å². The molecule has 4 heteroatoms. The van der Waals surface area contributed by atoms with Crippen molar-refractivity contribution in [3.05, 3.63) is 47.0 Å². The fourth-order valence-electron chi connectivity index (χ4n) is 1.98. The Morgan fingerprint density at radius 3 is 2.56 bits per heavy atom. The number of likely N-dealkylation sites (N-methyl/N-ethyl adjacent to an activating group) is 1. The number of nitrogens with zero attached hydrogens (tertiary/aromatic N) is 1. The molecule has 1 aliphatic rings. The van der Waals surface area contributed by atoms with Gasteiger partial charge in [-0.05, 0) is 43.7 Å². The Morgan fingerprint density at radius 1 is 1.22 bits per heavy atom. The molecule has 0 aromatic carbocycles. The van der Waals surface area contributed by atoms with Gasteiger partial charge in [0.15, 0.2) is 0 Å². The lowest BCUT2D eigenvalue weighted by Crippen LogP contribution is -2.28. The van der Waals surface area contributed by atoms with Crippen LogP contribution in [-0.4, -0.2) is 25.0 Å². The van der Waals surface area contributed by atoms with Gasteiger partial charge in [0, 0.05) is 25.2 Å². The molecule has 1 aliphatic heterocycles. The SMILES string of the molecule is C/C=C1/CCN(C)C/C1=C/C/C(N)=C/C=C(N)N. The Hall–Kier alpha value is -1.68. The van der Waals surface area contributed by atoms with Gasteiger partial charge >= 0.3 is 0 Å². The van der Waals surface area contributed by atoms with E-state index in [2.05, 4.69) is 31.0 Å². The van der Waals surface area contributed by atoms with E-state index in [4.69, 9.17) is 17.2 Å². The van der Waals surface area contributed by atoms with Crippen molar-refractivity contribution >= 4 is 0 Å². The van der Waals surface area contributed by atoms with Crippen molar-refractivity contribution in [3.63, 3.8) is 0 Å². The third kappa shape index (κ3) is 4.67. The van der Waals surface area contributed by atoms with E-state index >= 15 is 0 Å². The Balaban J connectivity index is 2.70. The summed E-state index contributed by atoms with van der Waals surface area (Å²) in [5.74, 6) is 0.275. The highest BCUT2D eigenvalue weighted by Crippen LogP contribution is 2.21. The molecule has 1 saturated heterocycles. The summed E-state index contributed by atoms with van der Waals surface area (Å²) >= 11 is 0. The smallest absolute Gasteiger partial charge is 0.0934 e. The highest BCUT2D eigenvalue weighted by atomic mass is 15.1. The lowest BCUT2D eigenvalue weighted by atomic mass is 9.96. The summed E-state index contributed by atoms with van der Waals surface area (Å²) in [4.78, 5) is 2.32. The van der Waals surface area contributed by atoms with Gasteiger partial charge in [-0.2, -0.15) is 0 Å². The minimum atomic E-state index is 0.275. The minimum Gasteiger partial charge on any atom is -0.402 e. The monoisotopic (exact) mass is 248 g/mol. The maximum absolute atomic E-state index is 5.89. The van der Waals surface area contributed by atoms with E-state index in [0.29, 0.717) is 0 Å². The first kappa shape index (κ1) is 14.4. The van der Waals surface area contributed by atoms with Gasteiger partial charge < -0.3 is 22.1 Å². The summed E-state index contributed by atoms with van der Waals surface area (Å²) in [5.41, 5.74) is 20.1. The Kier molecular flexibility index (Phi) is 5.52. The van der Waals surface area contributed by atoms with Crippen LogP contribution in [-0.2, 0) is 0 Å². The summed E-state index contributed by atoms with van der Waals surface area (Å²) in [6.45, 7) is 4.20. The number of nitrogens with two attached hydrogens (primary N) is 3. The maximum atomic E-state index is 5.89. The molecule has 4 nitrogen and oxygen atoms in total. The van der Waals surface area contributed by atoms with Crippen LogP contribution >= 0.6 is 0 Å². The second-order valence-electron chi connectivity index (χ2n) is 4.64.